The average molecular weight is 148 g/mol. The van der Waals surface area contributed by atoms with Gasteiger partial charge in [-0.25, -0.2) is 0 Å². The number of carbonyl (C=O) groups excluding carboxylic acids is 1. The number of hydrogen-bond donors (Lipinski definition) is 0. The summed E-state index contributed by atoms with van der Waals surface area (Å²) in [5.41, 5.74) is 3.30. The third kappa shape index (κ3) is 1.69. The Morgan fingerprint density at radius 1 is 1.45 bits per heavy atom. The smallest absolute Gasteiger partial charge is 0.175 e. The highest BCUT2D eigenvalue weighted by Crippen LogP contribution is 2.21. The molecule has 1 rings (SSSR count). The largest absolute Gasteiger partial charge is 0.293 e. The quantitative estimate of drug-likeness (QED) is 0.521. The summed E-state index contributed by atoms with van der Waals surface area (Å²) in [7, 11) is 0. The molecule has 0 aromatic rings. The lowest BCUT2D eigenvalue weighted by molar-refractivity contribution is -0.122. The minimum absolute atomic E-state index is 0.155. The standard InChI is InChI=1S/C10H12O/c1-10(2,3)9(11)8-6-4-5-7-8/h4-6H,1-3H3. The summed E-state index contributed by atoms with van der Waals surface area (Å²) in [4.78, 5) is 11.5. The van der Waals surface area contributed by atoms with Crippen molar-refractivity contribution in [2.45, 2.75) is 20.8 Å². The summed E-state index contributed by atoms with van der Waals surface area (Å²) >= 11 is 0. The molecule has 0 amide bonds. The summed E-state index contributed by atoms with van der Waals surface area (Å²) in [6.07, 6.45) is 5.39. The van der Waals surface area contributed by atoms with Crippen molar-refractivity contribution in [3.8, 4) is 0 Å². The number of ketones is 1. The fourth-order valence-corrected chi connectivity index (χ4v) is 0.876. The van der Waals surface area contributed by atoms with E-state index < -0.39 is 0 Å². The van der Waals surface area contributed by atoms with Crippen molar-refractivity contribution in [1.82, 2.24) is 0 Å². The van der Waals surface area contributed by atoms with Crippen molar-refractivity contribution in [2.75, 3.05) is 0 Å². The highest BCUT2D eigenvalue weighted by atomic mass is 16.1. The van der Waals surface area contributed by atoms with Crippen LogP contribution < -0.4 is 0 Å². The number of hydrogen-bond acceptors (Lipinski definition) is 1. The van der Waals surface area contributed by atoms with Crippen LogP contribution >= 0.6 is 0 Å². The van der Waals surface area contributed by atoms with E-state index in [1.165, 1.54) is 0 Å². The van der Waals surface area contributed by atoms with Crippen molar-refractivity contribution in [1.29, 1.82) is 0 Å². The monoisotopic (exact) mass is 148 g/mol. The fraction of sp³-hybridized carbons (Fsp3) is 0.400. The van der Waals surface area contributed by atoms with Crippen LogP contribution in [0.15, 0.2) is 29.5 Å². The number of carbonyl (C=O) groups is 1. The van der Waals surface area contributed by atoms with Gasteiger partial charge < -0.3 is 0 Å². The number of allylic oxidation sites excluding steroid dienone is 3. The third-order valence-corrected chi connectivity index (χ3v) is 1.52. The Balaban J connectivity index is 2.87. The Morgan fingerprint density at radius 2 is 2.09 bits per heavy atom. The van der Waals surface area contributed by atoms with Gasteiger partial charge in [-0.2, -0.15) is 0 Å². The first-order valence-electron chi connectivity index (χ1n) is 3.70. The average Bonchev–Trinajstić information content (AvgIpc) is 2.34. The molecule has 0 fully saturated rings. The molecule has 0 atom stereocenters. The van der Waals surface area contributed by atoms with E-state index in [9.17, 15) is 4.79 Å². The highest BCUT2D eigenvalue weighted by molar-refractivity contribution is 6.01. The molecular formula is C10H12O. The SMILES string of the molecule is CC(C)(C)C(=O)C1=C=CC=C1. The molecule has 0 unspecified atom stereocenters. The second kappa shape index (κ2) is 2.52. The van der Waals surface area contributed by atoms with Crippen LogP contribution in [0.1, 0.15) is 20.8 Å². The molecule has 0 aromatic carbocycles. The van der Waals surface area contributed by atoms with Gasteiger partial charge in [0.25, 0.3) is 0 Å². The van der Waals surface area contributed by atoms with Gasteiger partial charge in [-0.3, -0.25) is 4.79 Å². The second-order valence-electron chi connectivity index (χ2n) is 3.66. The van der Waals surface area contributed by atoms with Crippen molar-refractivity contribution in [3.05, 3.63) is 29.5 Å². The zero-order valence-corrected chi connectivity index (χ0v) is 7.14. The summed E-state index contributed by atoms with van der Waals surface area (Å²) in [6.45, 7) is 5.74. The van der Waals surface area contributed by atoms with Crippen LogP contribution in [0.2, 0.25) is 0 Å². The normalized spacial score (nSPS) is 15.4. The van der Waals surface area contributed by atoms with Crippen LogP contribution in [-0.4, -0.2) is 5.78 Å². The predicted octanol–water partition coefficient (Wildman–Crippen LogP) is 2.25. The molecule has 1 heteroatoms. The van der Waals surface area contributed by atoms with Gasteiger partial charge in [-0.15, -0.1) is 5.73 Å². The highest BCUT2D eigenvalue weighted by Gasteiger charge is 2.23. The maximum Gasteiger partial charge on any atom is 0.175 e. The fourth-order valence-electron chi connectivity index (χ4n) is 0.876. The van der Waals surface area contributed by atoms with Crippen molar-refractivity contribution < 1.29 is 4.79 Å². The summed E-state index contributed by atoms with van der Waals surface area (Å²) in [6, 6.07) is 0. The third-order valence-electron chi connectivity index (χ3n) is 1.52. The van der Waals surface area contributed by atoms with E-state index in [1.54, 1.807) is 12.2 Å². The summed E-state index contributed by atoms with van der Waals surface area (Å²) in [5.74, 6) is 0.155. The van der Waals surface area contributed by atoms with Gasteiger partial charge >= 0.3 is 0 Å². The molecule has 1 aliphatic carbocycles. The van der Waals surface area contributed by atoms with Gasteiger partial charge in [0, 0.05) is 5.41 Å². The molecule has 0 saturated carbocycles. The second-order valence-corrected chi connectivity index (χ2v) is 3.66. The van der Waals surface area contributed by atoms with Crippen molar-refractivity contribution in [3.63, 3.8) is 0 Å². The topological polar surface area (TPSA) is 17.1 Å². The Morgan fingerprint density at radius 3 is 2.45 bits per heavy atom. The molecule has 0 saturated heterocycles. The molecule has 0 heterocycles. The van der Waals surface area contributed by atoms with E-state index >= 15 is 0 Å². The van der Waals surface area contributed by atoms with Gasteiger partial charge in [0.1, 0.15) is 0 Å². The molecule has 0 N–H and O–H groups in total. The van der Waals surface area contributed by atoms with Gasteiger partial charge in [0.2, 0.25) is 0 Å². The molecule has 0 aromatic heterocycles. The maximum absolute atomic E-state index is 11.5. The van der Waals surface area contributed by atoms with Crippen molar-refractivity contribution in [2.24, 2.45) is 5.41 Å². The Kier molecular flexibility index (Phi) is 1.84. The minimum Gasteiger partial charge on any atom is -0.293 e. The maximum atomic E-state index is 11.5. The molecule has 58 valence electrons. The van der Waals surface area contributed by atoms with Crippen LogP contribution in [0.5, 0.6) is 0 Å². The van der Waals surface area contributed by atoms with Crippen LogP contribution in [0.3, 0.4) is 0 Å². The Bertz CT molecular complexity index is 268. The zero-order chi connectivity index (χ0) is 8.48. The first-order valence-corrected chi connectivity index (χ1v) is 3.70. The van der Waals surface area contributed by atoms with Gasteiger partial charge in [0.05, 0.1) is 5.57 Å². The molecule has 0 aliphatic heterocycles. The molecule has 0 bridgehead atoms. The van der Waals surface area contributed by atoms with E-state index in [2.05, 4.69) is 5.73 Å². The Labute approximate surface area is 67.1 Å². The predicted molar refractivity (Wildman–Crippen MR) is 45.2 cm³/mol. The van der Waals surface area contributed by atoms with Crippen LogP contribution in [0.4, 0.5) is 0 Å². The molecule has 11 heavy (non-hydrogen) atoms. The van der Waals surface area contributed by atoms with Gasteiger partial charge in [-0.05, 0) is 12.2 Å². The summed E-state index contributed by atoms with van der Waals surface area (Å²) < 4.78 is 0. The molecular weight excluding hydrogens is 136 g/mol. The lowest BCUT2D eigenvalue weighted by Gasteiger charge is -2.15. The molecule has 1 aliphatic rings. The van der Waals surface area contributed by atoms with Crippen LogP contribution in [0.25, 0.3) is 0 Å². The zero-order valence-electron chi connectivity index (χ0n) is 7.14. The van der Waals surface area contributed by atoms with E-state index in [-0.39, 0.29) is 11.2 Å². The van der Waals surface area contributed by atoms with E-state index in [0.717, 1.165) is 0 Å². The van der Waals surface area contributed by atoms with E-state index in [0.29, 0.717) is 5.57 Å². The number of Topliss-reactive ketones (excluding diaryl/α,β-unsaturated/α-hetero) is 1. The minimum atomic E-state index is -0.287. The van der Waals surface area contributed by atoms with Crippen LogP contribution in [-0.2, 0) is 4.79 Å². The lowest BCUT2D eigenvalue weighted by atomic mass is 9.87. The number of rotatable bonds is 1. The van der Waals surface area contributed by atoms with Gasteiger partial charge in [0.15, 0.2) is 5.78 Å². The van der Waals surface area contributed by atoms with Crippen molar-refractivity contribution >= 4 is 5.78 Å². The summed E-state index contributed by atoms with van der Waals surface area (Å²) in [5, 5.41) is 0. The molecule has 1 nitrogen and oxygen atoms in total. The molecule has 0 radical (unpaired) electrons. The molecule has 0 spiro atoms. The van der Waals surface area contributed by atoms with E-state index in [4.69, 9.17) is 0 Å². The van der Waals surface area contributed by atoms with E-state index in [1.807, 2.05) is 26.8 Å². The van der Waals surface area contributed by atoms with Gasteiger partial charge in [-0.1, -0.05) is 26.8 Å². The van der Waals surface area contributed by atoms with Crippen LogP contribution in [0, 0.1) is 5.41 Å². The first-order chi connectivity index (χ1) is 5.02. The lowest BCUT2D eigenvalue weighted by Crippen LogP contribution is -2.20. The Hall–Kier alpha value is -1.07. The first kappa shape index (κ1) is 8.03.